The molecule has 5 heteroatoms. The molecule has 2 aromatic rings. The number of hydrogen-bond donors (Lipinski definition) is 2. The quantitative estimate of drug-likeness (QED) is 0.733. The van der Waals surface area contributed by atoms with E-state index in [1.807, 2.05) is 31.2 Å². The van der Waals surface area contributed by atoms with Crippen molar-refractivity contribution >= 4 is 16.9 Å². The number of hydrogen-bond acceptors (Lipinski definition) is 3. The van der Waals surface area contributed by atoms with Gasteiger partial charge in [0.15, 0.2) is 0 Å². The van der Waals surface area contributed by atoms with E-state index in [1.54, 1.807) is 4.90 Å². The summed E-state index contributed by atoms with van der Waals surface area (Å²) < 4.78 is 5.02. The lowest BCUT2D eigenvalue weighted by Gasteiger charge is -2.27. The van der Waals surface area contributed by atoms with Crippen molar-refractivity contribution in [3.63, 3.8) is 0 Å². The standard InChI is InChI=1S/C18H23N3O2/c1-13-14-6-4-5-7-15(14)19-16(17(13)18(22)23-3)12-21-10-8-20(2)9-11-21/h4-7H,8-12H2,1-3H3/p+2. The highest BCUT2D eigenvalue weighted by atomic mass is 16.5. The number of esters is 1. The van der Waals surface area contributed by atoms with Crippen LogP contribution in [0.5, 0.6) is 0 Å². The number of likely N-dealkylation sites (N-methyl/N-ethyl adjacent to an activating group) is 1. The molecule has 0 atom stereocenters. The average molecular weight is 315 g/mol. The van der Waals surface area contributed by atoms with Crippen LogP contribution in [-0.2, 0) is 11.3 Å². The molecule has 0 bridgehead atoms. The first-order valence-electron chi connectivity index (χ1n) is 8.21. The van der Waals surface area contributed by atoms with Gasteiger partial charge >= 0.3 is 5.97 Å². The van der Waals surface area contributed by atoms with Gasteiger partial charge < -0.3 is 14.5 Å². The van der Waals surface area contributed by atoms with Gasteiger partial charge in [-0.1, -0.05) is 18.2 Å². The van der Waals surface area contributed by atoms with E-state index in [0.29, 0.717) is 5.56 Å². The Morgan fingerprint density at radius 3 is 2.61 bits per heavy atom. The molecule has 5 nitrogen and oxygen atoms in total. The van der Waals surface area contributed by atoms with Gasteiger partial charge in [-0.15, -0.1) is 0 Å². The van der Waals surface area contributed by atoms with Gasteiger partial charge in [-0.25, -0.2) is 9.78 Å². The van der Waals surface area contributed by atoms with E-state index in [9.17, 15) is 4.79 Å². The second-order valence-electron chi connectivity index (χ2n) is 6.45. The third-order valence-electron chi connectivity index (χ3n) is 4.84. The molecule has 1 aliphatic heterocycles. The maximum atomic E-state index is 12.3. The average Bonchev–Trinajstić information content (AvgIpc) is 2.57. The maximum Gasteiger partial charge on any atom is 0.340 e. The molecular weight excluding hydrogens is 290 g/mol. The molecule has 122 valence electrons. The van der Waals surface area contributed by atoms with E-state index in [4.69, 9.17) is 9.72 Å². The third kappa shape index (κ3) is 3.21. The van der Waals surface area contributed by atoms with Crippen LogP contribution in [0.2, 0.25) is 0 Å². The summed E-state index contributed by atoms with van der Waals surface area (Å²) >= 11 is 0. The minimum absolute atomic E-state index is 0.282. The number of benzene rings is 1. The first kappa shape index (κ1) is 15.9. The van der Waals surface area contributed by atoms with Crippen LogP contribution < -0.4 is 9.80 Å². The predicted octanol–water partition coefficient (Wildman–Crippen LogP) is -0.757. The van der Waals surface area contributed by atoms with Gasteiger partial charge in [-0.05, 0) is 18.6 Å². The fourth-order valence-corrected chi connectivity index (χ4v) is 3.39. The van der Waals surface area contributed by atoms with E-state index in [1.165, 1.54) is 12.0 Å². The summed E-state index contributed by atoms with van der Waals surface area (Å²) in [5.74, 6) is -0.282. The number of nitrogens with one attached hydrogen (secondary N) is 2. The summed E-state index contributed by atoms with van der Waals surface area (Å²) in [5.41, 5.74) is 3.43. The summed E-state index contributed by atoms with van der Waals surface area (Å²) in [6.45, 7) is 7.32. The molecular formula is C18H25N3O2+2. The summed E-state index contributed by atoms with van der Waals surface area (Å²) in [4.78, 5) is 20.2. The van der Waals surface area contributed by atoms with Crippen molar-refractivity contribution in [2.45, 2.75) is 13.5 Å². The van der Waals surface area contributed by atoms with Gasteiger partial charge in [0, 0.05) is 5.39 Å². The highest BCUT2D eigenvalue weighted by molar-refractivity contribution is 5.98. The minimum atomic E-state index is -0.282. The Labute approximate surface area is 136 Å². The molecule has 1 saturated heterocycles. The number of fused-ring (bicyclic) bond motifs is 1. The summed E-state index contributed by atoms with van der Waals surface area (Å²) in [7, 11) is 3.67. The molecule has 1 aromatic carbocycles. The largest absolute Gasteiger partial charge is 0.465 e. The van der Waals surface area contributed by atoms with Crippen LogP contribution >= 0.6 is 0 Å². The Morgan fingerprint density at radius 1 is 1.22 bits per heavy atom. The highest BCUT2D eigenvalue weighted by Gasteiger charge is 2.25. The number of ether oxygens (including phenoxy) is 1. The number of quaternary nitrogens is 2. The second-order valence-corrected chi connectivity index (χ2v) is 6.45. The molecule has 0 saturated carbocycles. The van der Waals surface area contributed by atoms with Crippen molar-refractivity contribution in [3.05, 3.63) is 41.1 Å². The van der Waals surface area contributed by atoms with Gasteiger partial charge in [0.25, 0.3) is 0 Å². The fourth-order valence-electron chi connectivity index (χ4n) is 3.39. The second kappa shape index (κ2) is 6.64. The Balaban J connectivity index is 2.01. The van der Waals surface area contributed by atoms with Crippen LogP contribution in [0.25, 0.3) is 10.9 Å². The Kier molecular flexibility index (Phi) is 4.59. The maximum absolute atomic E-state index is 12.3. The first-order valence-corrected chi connectivity index (χ1v) is 8.21. The van der Waals surface area contributed by atoms with Crippen LogP contribution in [0.3, 0.4) is 0 Å². The number of carbonyl (C=O) groups excluding carboxylic acids is 1. The van der Waals surface area contributed by atoms with Crippen molar-refractivity contribution < 1.29 is 19.3 Å². The third-order valence-corrected chi connectivity index (χ3v) is 4.84. The molecule has 0 aliphatic carbocycles. The lowest BCUT2D eigenvalue weighted by molar-refractivity contribution is -1.01. The molecule has 2 N–H and O–H groups in total. The zero-order chi connectivity index (χ0) is 16.4. The zero-order valence-corrected chi connectivity index (χ0v) is 14.1. The van der Waals surface area contributed by atoms with Crippen LogP contribution in [0.15, 0.2) is 24.3 Å². The molecule has 23 heavy (non-hydrogen) atoms. The molecule has 0 unspecified atom stereocenters. The first-order chi connectivity index (χ1) is 11.1. The van der Waals surface area contributed by atoms with Gasteiger partial charge in [0.05, 0.1) is 25.2 Å². The van der Waals surface area contributed by atoms with Crippen molar-refractivity contribution in [1.29, 1.82) is 0 Å². The van der Waals surface area contributed by atoms with Crippen molar-refractivity contribution in [2.75, 3.05) is 40.3 Å². The number of aryl methyl sites for hydroxylation is 1. The number of nitrogens with zero attached hydrogens (tertiary/aromatic N) is 1. The lowest BCUT2D eigenvalue weighted by Crippen LogP contribution is -3.26. The van der Waals surface area contributed by atoms with Crippen molar-refractivity contribution in [3.8, 4) is 0 Å². The van der Waals surface area contributed by atoms with E-state index in [2.05, 4.69) is 7.05 Å². The molecule has 0 amide bonds. The number of piperazine rings is 1. The molecule has 1 fully saturated rings. The van der Waals surface area contributed by atoms with Crippen molar-refractivity contribution in [2.24, 2.45) is 0 Å². The van der Waals surface area contributed by atoms with Crippen LogP contribution in [0.1, 0.15) is 21.6 Å². The Bertz CT molecular complexity index is 722. The fraction of sp³-hybridized carbons (Fsp3) is 0.444. The predicted molar refractivity (Wildman–Crippen MR) is 88.8 cm³/mol. The Morgan fingerprint density at radius 2 is 1.91 bits per heavy atom. The van der Waals surface area contributed by atoms with E-state index >= 15 is 0 Å². The lowest BCUT2D eigenvalue weighted by atomic mass is 10.0. The number of aromatic nitrogens is 1. The molecule has 1 aromatic heterocycles. The van der Waals surface area contributed by atoms with Crippen LogP contribution in [-0.4, -0.2) is 51.3 Å². The normalized spacial score (nSPS) is 21.3. The monoisotopic (exact) mass is 315 g/mol. The van der Waals surface area contributed by atoms with Gasteiger partial charge in [0.1, 0.15) is 38.4 Å². The van der Waals surface area contributed by atoms with Gasteiger partial charge in [0.2, 0.25) is 0 Å². The smallest absolute Gasteiger partial charge is 0.340 e. The van der Waals surface area contributed by atoms with Crippen molar-refractivity contribution in [1.82, 2.24) is 4.98 Å². The topological polar surface area (TPSA) is 48.1 Å². The minimum Gasteiger partial charge on any atom is -0.465 e. The number of methoxy groups -OCH3 is 1. The summed E-state index contributed by atoms with van der Waals surface area (Å²) in [6.07, 6.45) is 0. The van der Waals surface area contributed by atoms with Gasteiger partial charge in [-0.2, -0.15) is 0 Å². The highest BCUT2D eigenvalue weighted by Crippen LogP contribution is 2.23. The Hall–Kier alpha value is -1.98. The zero-order valence-electron chi connectivity index (χ0n) is 14.1. The molecule has 0 spiro atoms. The molecule has 0 radical (unpaired) electrons. The van der Waals surface area contributed by atoms with E-state index < -0.39 is 0 Å². The molecule has 2 heterocycles. The molecule has 3 rings (SSSR count). The van der Waals surface area contributed by atoms with E-state index in [-0.39, 0.29) is 5.97 Å². The summed E-state index contributed by atoms with van der Waals surface area (Å²) in [6, 6.07) is 7.99. The summed E-state index contributed by atoms with van der Waals surface area (Å²) in [5, 5.41) is 1.02. The number of pyridine rings is 1. The van der Waals surface area contributed by atoms with E-state index in [0.717, 1.165) is 54.9 Å². The van der Waals surface area contributed by atoms with Gasteiger partial charge in [-0.3, -0.25) is 0 Å². The molecule has 1 aliphatic rings. The number of rotatable bonds is 3. The SMILES string of the molecule is COC(=O)c1c(C[NH+]2CC[NH+](C)CC2)nc2ccccc2c1C. The van der Waals surface area contributed by atoms with Crippen LogP contribution in [0, 0.1) is 6.92 Å². The van der Waals surface area contributed by atoms with Crippen LogP contribution in [0.4, 0.5) is 0 Å². The number of para-hydroxylation sites is 1. The number of carbonyl (C=O) groups is 1.